The Bertz CT molecular complexity index is 649. The summed E-state index contributed by atoms with van der Waals surface area (Å²) in [6.07, 6.45) is 1.14. The molecule has 3 rings (SSSR count). The van der Waals surface area contributed by atoms with E-state index in [0.717, 1.165) is 0 Å². The lowest BCUT2D eigenvalue weighted by molar-refractivity contribution is -0.175. The Hall–Kier alpha value is -2.70. The molecule has 2 heterocycles. The van der Waals surface area contributed by atoms with Crippen molar-refractivity contribution < 1.29 is 24.0 Å². The van der Waals surface area contributed by atoms with Crippen molar-refractivity contribution in [1.29, 1.82) is 0 Å². The fraction of sp³-hybridized carbons (Fsp3) is 0.333. The highest BCUT2D eigenvalue weighted by molar-refractivity contribution is 6.20. The fourth-order valence-corrected chi connectivity index (χ4v) is 2.79. The van der Waals surface area contributed by atoms with E-state index in [4.69, 9.17) is 4.84 Å². The van der Waals surface area contributed by atoms with E-state index < -0.39 is 23.8 Å². The molecule has 7 nitrogen and oxygen atoms in total. The average molecular weight is 302 g/mol. The van der Waals surface area contributed by atoms with E-state index in [2.05, 4.69) is 0 Å². The Morgan fingerprint density at radius 2 is 1.73 bits per heavy atom. The molecule has 1 saturated heterocycles. The van der Waals surface area contributed by atoms with Crippen LogP contribution in [0, 0.1) is 0 Å². The van der Waals surface area contributed by atoms with E-state index in [9.17, 15) is 19.2 Å². The first-order chi connectivity index (χ1) is 10.5. The van der Waals surface area contributed by atoms with Gasteiger partial charge in [-0.2, -0.15) is 0 Å². The molecule has 3 amide bonds. The molecular weight excluding hydrogens is 288 g/mol. The van der Waals surface area contributed by atoms with Crippen molar-refractivity contribution in [3.05, 3.63) is 35.4 Å². The molecule has 0 unspecified atom stereocenters. The number of amides is 3. The molecule has 0 bridgehead atoms. The number of fused-ring (bicyclic) bond motifs is 1. The van der Waals surface area contributed by atoms with Crippen LogP contribution < -0.4 is 0 Å². The Kier molecular flexibility index (Phi) is 3.40. The lowest BCUT2D eigenvalue weighted by atomic mass is 10.1. The molecule has 0 aliphatic carbocycles. The van der Waals surface area contributed by atoms with Gasteiger partial charge in [0.15, 0.2) is 0 Å². The summed E-state index contributed by atoms with van der Waals surface area (Å²) in [4.78, 5) is 54.3. The number of imide groups is 1. The Morgan fingerprint density at radius 3 is 2.27 bits per heavy atom. The average Bonchev–Trinajstić information content (AvgIpc) is 3.08. The highest BCUT2D eigenvalue weighted by Crippen LogP contribution is 2.25. The second-order valence-corrected chi connectivity index (χ2v) is 5.23. The zero-order valence-corrected chi connectivity index (χ0v) is 11.9. The van der Waals surface area contributed by atoms with Crippen LogP contribution in [0.25, 0.3) is 0 Å². The van der Waals surface area contributed by atoms with Gasteiger partial charge in [0.25, 0.3) is 11.8 Å². The van der Waals surface area contributed by atoms with Crippen LogP contribution in [-0.2, 0) is 14.4 Å². The number of hydroxylamine groups is 2. The molecule has 1 fully saturated rings. The number of carbonyl (C=O) groups excluding carboxylic acids is 4. The first-order valence-corrected chi connectivity index (χ1v) is 6.97. The predicted molar refractivity (Wildman–Crippen MR) is 73.4 cm³/mol. The highest BCUT2D eigenvalue weighted by Gasteiger charge is 2.42. The van der Waals surface area contributed by atoms with Crippen molar-refractivity contribution in [2.45, 2.75) is 25.8 Å². The normalized spacial score (nSPS) is 20.3. The summed E-state index contributed by atoms with van der Waals surface area (Å²) in [6.45, 7) is 1.84. The highest BCUT2D eigenvalue weighted by atomic mass is 16.7. The molecule has 0 N–H and O–H groups in total. The first kappa shape index (κ1) is 14.2. The van der Waals surface area contributed by atoms with E-state index in [1.54, 1.807) is 12.1 Å². The number of nitrogens with zero attached hydrogens (tertiary/aromatic N) is 2. The molecule has 1 aromatic rings. The second kappa shape index (κ2) is 5.25. The lowest BCUT2D eigenvalue weighted by Crippen LogP contribution is -2.44. The van der Waals surface area contributed by atoms with Crippen LogP contribution >= 0.6 is 0 Å². The molecule has 0 saturated carbocycles. The molecule has 2 aliphatic rings. The fourth-order valence-electron chi connectivity index (χ4n) is 2.79. The summed E-state index contributed by atoms with van der Waals surface area (Å²) in [5.74, 6) is -2.33. The van der Waals surface area contributed by atoms with Gasteiger partial charge in [0.05, 0.1) is 11.1 Å². The third-order valence-corrected chi connectivity index (χ3v) is 3.87. The van der Waals surface area contributed by atoms with E-state index >= 15 is 0 Å². The third-order valence-electron chi connectivity index (χ3n) is 3.87. The number of hydrogen-bond acceptors (Lipinski definition) is 5. The van der Waals surface area contributed by atoms with Crippen LogP contribution in [0.15, 0.2) is 24.3 Å². The van der Waals surface area contributed by atoms with E-state index in [0.29, 0.717) is 24.4 Å². The predicted octanol–water partition coefficient (Wildman–Crippen LogP) is 0.752. The smallest absolute Gasteiger partial charge is 0.329 e. The van der Waals surface area contributed by atoms with Gasteiger partial charge in [-0.1, -0.05) is 17.2 Å². The Labute approximate surface area is 126 Å². The quantitative estimate of drug-likeness (QED) is 0.753. The van der Waals surface area contributed by atoms with Gasteiger partial charge >= 0.3 is 5.97 Å². The molecule has 1 aromatic carbocycles. The number of rotatable bonds is 2. The zero-order valence-electron chi connectivity index (χ0n) is 11.9. The molecule has 0 radical (unpaired) electrons. The van der Waals surface area contributed by atoms with E-state index in [-0.39, 0.29) is 17.0 Å². The number of likely N-dealkylation sites (tertiary alicyclic amines) is 1. The van der Waals surface area contributed by atoms with Crippen molar-refractivity contribution in [2.24, 2.45) is 0 Å². The van der Waals surface area contributed by atoms with Crippen molar-refractivity contribution in [3.8, 4) is 0 Å². The summed E-state index contributed by atoms with van der Waals surface area (Å²) in [6, 6.07) is 5.51. The largest absolute Gasteiger partial charge is 0.355 e. The molecular formula is C15H14N2O5. The molecule has 22 heavy (non-hydrogen) atoms. The van der Waals surface area contributed by atoms with Gasteiger partial charge in [-0.15, -0.1) is 0 Å². The minimum atomic E-state index is -0.762. The Balaban J connectivity index is 1.77. The van der Waals surface area contributed by atoms with Crippen LogP contribution in [0.5, 0.6) is 0 Å². The Morgan fingerprint density at radius 1 is 1.14 bits per heavy atom. The van der Waals surface area contributed by atoms with Gasteiger partial charge in [-0.05, 0) is 25.0 Å². The molecule has 0 aromatic heterocycles. The van der Waals surface area contributed by atoms with Gasteiger partial charge in [-0.25, -0.2) is 4.79 Å². The minimum absolute atomic E-state index is 0.204. The third kappa shape index (κ3) is 2.14. The van der Waals surface area contributed by atoms with Gasteiger partial charge in [0.2, 0.25) is 5.91 Å². The first-order valence-electron chi connectivity index (χ1n) is 6.97. The lowest BCUT2D eigenvalue weighted by Gasteiger charge is -2.23. The molecule has 0 spiro atoms. The standard InChI is InChI=1S/C15H14N2O5/c1-9(18)16-8-4-7-12(16)15(21)22-17-13(19)10-5-2-3-6-11(10)14(17)20/h2-3,5-6,12H,4,7-8H2,1H3/t12-/m0/s1. The van der Waals surface area contributed by atoms with Crippen molar-refractivity contribution >= 4 is 23.7 Å². The molecule has 114 valence electrons. The number of hydrogen-bond donors (Lipinski definition) is 0. The van der Waals surface area contributed by atoms with Gasteiger partial charge < -0.3 is 9.74 Å². The van der Waals surface area contributed by atoms with Crippen LogP contribution in [-0.4, -0.2) is 46.2 Å². The SMILES string of the molecule is CC(=O)N1CCC[C@H]1C(=O)ON1C(=O)c2ccccc2C1=O. The van der Waals surface area contributed by atoms with E-state index in [1.165, 1.54) is 24.0 Å². The summed E-state index contributed by atoms with van der Waals surface area (Å²) in [5, 5.41) is 0.476. The zero-order chi connectivity index (χ0) is 15.9. The maximum absolute atomic E-state index is 12.2. The summed E-state index contributed by atoms with van der Waals surface area (Å²) in [5.41, 5.74) is 0.408. The van der Waals surface area contributed by atoms with Gasteiger partial charge in [-0.3, -0.25) is 14.4 Å². The summed E-state index contributed by atoms with van der Waals surface area (Å²) >= 11 is 0. The van der Waals surface area contributed by atoms with Gasteiger partial charge in [0.1, 0.15) is 6.04 Å². The van der Waals surface area contributed by atoms with Crippen molar-refractivity contribution in [1.82, 2.24) is 9.96 Å². The van der Waals surface area contributed by atoms with Crippen molar-refractivity contribution in [2.75, 3.05) is 6.54 Å². The second-order valence-electron chi connectivity index (χ2n) is 5.23. The number of benzene rings is 1. The monoisotopic (exact) mass is 302 g/mol. The van der Waals surface area contributed by atoms with Crippen LogP contribution in [0.1, 0.15) is 40.5 Å². The topological polar surface area (TPSA) is 84.0 Å². The van der Waals surface area contributed by atoms with E-state index in [1.807, 2.05) is 0 Å². The van der Waals surface area contributed by atoms with Crippen LogP contribution in [0.4, 0.5) is 0 Å². The maximum Gasteiger partial charge on any atom is 0.355 e. The molecule has 1 atom stereocenters. The maximum atomic E-state index is 12.2. The summed E-state index contributed by atoms with van der Waals surface area (Å²) < 4.78 is 0. The molecule has 7 heteroatoms. The van der Waals surface area contributed by atoms with Crippen LogP contribution in [0.3, 0.4) is 0 Å². The van der Waals surface area contributed by atoms with Gasteiger partial charge in [0, 0.05) is 13.5 Å². The van der Waals surface area contributed by atoms with Crippen molar-refractivity contribution in [3.63, 3.8) is 0 Å². The number of carbonyl (C=O) groups is 4. The minimum Gasteiger partial charge on any atom is -0.329 e. The molecule has 2 aliphatic heterocycles. The van der Waals surface area contributed by atoms with Crippen LogP contribution in [0.2, 0.25) is 0 Å². The summed E-state index contributed by atoms with van der Waals surface area (Å²) in [7, 11) is 0.